The van der Waals surface area contributed by atoms with Gasteiger partial charge in [0.05, 0.1) is 0 Å². The van der Waals surface area contributed by atoms with Crippen molar-refractivity contribution in [3.8, 4) is 6.19 Å². The fourth-order valence-electron chi connectivity index (χ4n) is 2.91. The molecule has 0 aliphatic carbocycles. The molecule has 0 saturated carbocycles. The lowest BCUT2D eigenvalue weighted by atomic mass is 10.0. The summed E-state index contributed by atoms with van der Waals surface area (Å²) in [6.45, 7) is 1.99. The van der Waals surface area contributed by atoms with E-state index in [0.717, 1.165) is 20.5 Å². The van der Waals surface area contributed by atoms with Crippen LogP contribution in [0.2, 0.25) is 0 Å². The lowest BCUT2D eigenvalue weighted by Crippen LogP contribution is -2.48. The predicted molar refractivity (Wildman–Crippen MR) is 106 cm³/mol. The molecule has 3 rings (SSSR count). The summed E-state index contributed by atoms with van der Waals surface area (Å²) in [5, 5.41) is 15.1. The summed E-state index contributed by atoms with van der Waals surface area (Å²) in [4.78, 5) is 26.5. The SMILES string of the molecule is CCN(C#N)C(=O)C(Cc1csc2ccccc12)NC(=O)c1ccccc1. The summed E-state index contributed by atoms with van der Waals surface area (Å²) in [6.07, 6.45) is 2.23. The smallest absolute Gasteiger partial charge is 0.258 e. The second-order valence-electron chi connectivity index (χ2n) is 6.04. The number of rotatable bonds is 6. The first-order chi connectivity index (χ1) is 13.1. The summed E-state index contributed by atoms with van der Waals surface area (Å²) < 4.78 is 1.13. The molecular formula is C21H19N3O2S. The molecule has 6 heteroatoms. The van der Waals surface area contributed by atoms with E-state index in [4.69, 9.17) is 0 Å². The van der Waals surface area contributed by atoms with Crippen LogP contribution in [0, 0.1) is 11.5 Å². The number of hydrogen-bond acceptors (Lipinski definition) is 4. The summed E-state index contributed by atoms with van der Waals surface area (Å²) in [7, 11) is 0. The third kappa shape index (κ3) is 4.15. The van der Waals surface area contributed by atoms with Crippen LogP contribution in [-0.4, -0.2) is 29.3 Å². The molecule has 27 heavy (non-hydrogen) atoms. The van der Waals surface area contributed by atoms with Crippen LogP contribution in [0.15, 0.2) is 60.0 Å². The number of thiophene rings is 1. The first kappa shape index (κ1) is 18.6. The van der Waals surface area contributed by atoms with E-state index in [1.165, 1.54) is 0 Å². The molecule has 1 heterocycles. The Bertz CT molecular complexity index is 991. The maximum Gasteiger partial charge on any atom is 0.258 e. The minimum Gasteiger partial charge on any atom is -0.340 e. The molecule has 0 spiro atoms. The lowest BCUT2D eigenvalue weighted by Gasteiger charge is -2.21. The van der Waals surface area contributed by atoms with Crippen molar-refractivity contribution in [3.05, 3.63) is 71.1 Å². The van der Waals surface area contributed by atoms with Gasteiger partial charge in [-0.15, -0.1) is 11.3 Å². The van der Waals surface area contributed by atoms with Gasteiger partial charge < -0.3 is 5.32 Å². The lowest BCUT2D eigenvalue weighted by molar-refractivity contribution is -0.130. The first-order valence-corrected chi connectivity index (χ1v) is 9.54. The minimum atomic E-state index is -0.810. The summed E-state index contributed by atoms with van der Waals surface area (Å²) in [6, 6.07) is 15.9. The van der Waals surface area contributed by atoms with Gasteiger partial charge >= 0.3 is 0 Å². The fourth-order valence-corrected chi connectivity index (χ4v) is 3.88. The number of hydrogen-bond donors (Lipinski definition) is 1. The normalized spacial score (nSPS) is 11.6. The fraction of sp³-hybridized carbons (Fsp3) is 0.190. The number of likely N-dealkylation sites (N-methyl/N-ethyl adjacent to an activating group) is 1. The number of carbonyl (C=O) groups is 2. The average Bonchev–Trinajstić information content (AvgIpc) is 3.12. The highest BCUT2D eigenvalue weighted by atomic mass is 32.1. The molecule has 0 saturated heterocycles. The molecule has 0 fully saturated rings. The maximum atomic E-state index is 12.8. The predicted octanol–water partition coefficient (Wildman–Crippen LogP) is 3.57. The van der Waals surface area contributed by atoms with E-state index < -0.39 is 11.9 Å². The van der Waals surface area contributed by atoms with Gasteiger partial charge in [0.25, 0.3) is 11.8 Å². The molecule has 5 nitrogen and oxygen atoms in total. The molecule has 0 aliphatic heterocycles. The van der Waals surface area contributed by atoms with Crippen LogP contribution in [0.4, 0.5) is 0 Å². The molecular weight excluding hydrogens is 358 g/mol. The van der Waals surface area contributed by atoms with E-state index in [1.807, 2.05) is 41.9 Å². The van der Waals surface area contributed by atoms with E-state index >= 15 is 0 Å². The van der Waals surface area contributed by atoms with Crippen LogP contribution < -0.4 is 5.32 Å². The van der Waals surface area contributed by atoms with Gasteiger partial charge in [0.15, 0.2) is 6.19 Å². The van der Waals surface area contributed by atoms with E-state index in [-0.39, 0.29) is 12.5 Å². The number of carbonyl (C=O) groups excluding carboxylic acids is 2. The van der Waals surface area contributed by atoms with Gasteiger partial charge in [-0.05, 0) is 41.5 Å². The maximum absolute atomic E-state index is 12.8. The van der Waals surface area contributed by atoms with Crippen molar-refractivity contribution < 1.29 is 9.59 Å². The van der Waals surface area contributed by atoms with E-state index in [2.05, 4.69) is 5.32 Å². The number of nitriles is 1. The van der Waals surface area contributed by atoms with Crippen molar-refractivity contribution in [2.24, 2.45) is 0 Å². The van der Waals surface area contributed by atoms with Crippen molar-refractivity contribution in [1.82, 2.24) is 10.2 Å². The van der Waals surface area contributed by atoms with Gasteiger partial charge in [-0.1, -0.05) is 36.4 Å². The number of fused-ring (bicyclic) bond motifs is 1. The second-order valence-corrected chi connectivity index (χ2v) is 6.95. The largest absolute Gasteiger partial charge is 0.340 e. The monoisotopic (exact) mass is 377 g/mol. The molecule has 0 aliphatic rings. The minimum absolute atomic E-state index is 0.261. The van der Waals surface area contributed by atoms with Crippen molar-refractivity contribution in [2.75, 3.05) is 6.54 Å². The third-order valence-electron chi connectivity index (χ3n) is 4.33. The van der Waals surface area contributed by atoms with Crippen LogP contribution in [-0.2, 0) is 11.2 Å². The summed E-state index contributed by atoms with van der Waals surface area (Å²) >= 11 is 1.60. The Hall–Kier alpha value is -3.17. The van der Waals surface area contributed by atoms with Gasteiger partial charge in [-0.25, -0.2) is 4.90 Å². The zero-order valence-corrected chi connectivity index (χ0v) is 15.7. The molecule has 136 valence electrons. The van der Waals surface area contributed by atoms with Crippen LogP contribution >= 0.6 is 11.3 Å². The second kappa shape index (κ2) is 8.47. The quantitative estimate of drug-likeness (QED) is 0.527. The molecule has 1 unspecified atom stereocenters. The number of nitrogens with zero attached hydrogens (tertiary/aromatic N) is 2. The van der Waals surface area contributed by atoms with E-state index in [1.54, 1.807) is 42.5 Å². The van der Waals surface area contributed by atoms with Crippen LogP contribution in [0.5, 0.6) is 0 Å². The zero-order valence-electron chi connectivity index (χ0n) is 14.9. The van der Waals surface area contributed by atoms with Gasteiger partial charge in [0, 0.05) is 23.2 Å². The van der Waals surface area contributed by atoms with Gasteiger partial charge in [-0.2, -0.15) is 5.26 Å². The number of nitrogens with one attached hydrogen (secondary N) is 1. The summed E-state index contributed by atoms with van der Waals surface area (Å²) in [5.74, 6) is -0.734. The van der Waals surface area contributed by atoms with Crippen molar-refractivity contribution >= 4 is 33.2 Å². The first-order valence-electron chi connectivity index (χ1n) is 8.66. The van der Waals surface area contributed by atoms with E-state index in [9.17, 15) is 14.9 Å². The summed E-state index contributed by atoms with van der Waals surface area (Å²) in [5.41, 5.74) is 1.46. The van der Waals surface area contributed by atoms with Crippen molar-refractivity contribution in [3.63, 3.8) is 0 Å². The molecule has 2 aromatic carbocycles. The topological polar surface area (TPSA) is 73.2 Å². The van der Waals surface area contributed by atoms with Crippen molar-refractivity contribution in [2.45, 2.75) is 19.4 Å². The standard InChI is InChI=1S/C21H19N3O2S/c1-2-24(14-22)21(26)18(23-20(25)15-8-4-3-5-9-15)12-16-13-27-19-11-7-6-10-17(16)19/h3-11,13,18H,2,12H2,1H3,(H,23,25). The highest BCUT2D eigenvalue weighted by Crippen LogP contribution is 2.26. The van der Waals surface area contributed by atoms with Crippen LogP contribution in [0.1, 0.15) is 22.8 Å². The van der Waals surface area contributed by atoms with Gasteiger partial charge in [0.2, 0.25) is 0 Å². The highest BCUT2D eigenvalue weighted by molar-refractivity contribution is 7.17. The Kier molecular flexibility index (Phi) is 5.84. The molecule has 1 aromatic heterocycles. The Morgan fingerprint density at radius 2 is 1.85 bits per heavy atom. The molecule has 2 amide bonds. The van der Waals surface area contributed by atoms with Gasteiger partial charge in [-0.3, -0.25) is 9.59 Å². The van der Waals surface area contributed by atoms with Crippen LogP contribution in [0.3, 0.4) is 0 Å². The average molecular weight is 377 g/mol. The van der Waals surface area contributed by atoms with Gasteiger partial charge in [0.1, 0.15) is 6.04 Å². The molecule has 1 N–H and O–H groups in total. The Morgan fingerprint density at radius 1 is 1.15 bits per heavy atom. The zero-order chi connectivity index (χ0) is 19.2. The number of benzene rings is 2. The Balaban J connectivity index is 1.89. The number of amides is 2. The molecule has 1 atom stereocenters. The third-order valence-corrected chi connectivity index (χ3v) is 5.34. The molecule has 0 bridgehead atoms. The Labute approximate surface area is 161 Å². The van der Waals surface area contributed by atoms with Crippen LogP contribution in [0.25, 0.3) is 10.1 Å². The molecule has 0 radical (unpaired) electrons. The van der Waals surface area contributed by atoms with E-state index in [0.29, 0.717) is 12.0 Å². The molecule has 3 aromatic rings. The highest BCUT2D eigenvalue weighted by Gasteiger charge is 2.27. The van der Waals surface area contributed by atoms with Crippen molar-refractivity contribution in [1.29, 1.82) is 5.26 Å². The Morgan fingerprint density at radius 3 is 2.56 bits per heavy atom.